The lowest BCUT2D eigenvalue weighted by Gasteiger charge is -2.41. The number of hydrogen-bond acceptors (Lipinski definition) is 12. The van der Waals surface area contributed by atoms with Crippen molar-refractivity contribution >= 4 is 22.9 Å². The van der Waals surface area contributed by atoms with E-state index in [-0.39, 0.29) is 30.5 Å². The lowest BCUT2D eigenvalue weighted by atomic mass is 9.83. The topological polar surface area (TPSA) is 212 Å². The Balaban J connectivity index is 1.05. The fraction of sp³-hybridized carbons (Fsp3) is 0.424. The van der Waals surface area contributed by atoms with Gasteiger partial charge in [0.1, 0.15) is 68.0 Å². The summed E-state index contributed by atoms with van der Waals surface area (Å²) in [4.78, 5) is 16.0. The number of carbonyl (C=O) groups is 1. The maximum atomic E-state index is 12.9. The molecule has 1 amide bonds. The van der Waals surface area contributed by atoms with E-state index in [1.807, 2.05) is 30.5 Å². The van der Waals surface area contributed by atoms with E-state index in [1.165, 1.54) is 25.1 Å². The molecule has 0 unspecified atom stereocenters. The Bertz CT molecular complexity index is 1660. The Hall–Kier alpha value is -3.99. The molecule has 47 heavy (non-hydrogen) atoms. The second kappa shape index (κ2) is 13.6. The minimum atomic E-state index is -1.49. The normalized spacial score (nSPS) is 32.7. The minimum absolute atomic E-state index is 0.0259. The number of fused-ring (bicyclic) bond motifs is 2. The summed E-state index contributed by atoms with van der Waals surface area (Å²) < 4.78 is 27.8. The molecule has 3 fully saturated rings. The molecule has 0 spiro atoms. The van der Waals surface area contributed by atoms with Crippen molar-refractivity contribution in [2.45, 2.75) is 75.0 Å². The maximum absolute atomic E-state index is 12.9. The summed E-state index contributed by atoms with van der Waals surface area (Å²) in [6, 6.07) is 10.7. The largest absolute Gasteiger partial charge is 0.504 e. The van der Waals surface area contributed by atoms with Gasteiger partial charge in [-0.2, -0.15) is 0 Å². The fourth-order valence-electron chi connectivity index (χ4n) is 6.01. The molecular formula is C33H38N2O12. The number of phenolic OH excluding ortho intramolecular Hbond substituents is 1. The van der Waals surface area contributed by atoms with E-state index >= 15 is 0 Å². The number of amides is 1. The molecule has 2 aromatic carbocycles. The first-order valence-corrected chi connectivity index (χ1v) is 15.2. The van der Waals surface area contributed by atoms with Crippen molar-refractivity contribution in [3.63, 3.8) is 0 Å². The lowest BCUT2D eigenvalue weighted by Crippen LogP contribution is -2.67. The standard InChI is InChI=1S/C33H38N2O12/c1-15(8-10-43-19-4-5-20-18(13-19)7-9-34-20)29-27(40)28(41)33(47-29)46-22-6-3-17(12-21(22)36)11-16(2)32(42)35-23-24(37)26(39)31-30(25(23)38)44-14-45-31/h3-9,11-13,23-31,33-34,36-41H,10,14H2,1-2H3,(H,35,42)/t23-,24+,25-,26+,27+,28+,29-,30+,31-,33-/m1/s1. The van der Waals surface area contributed by atoms with Crippen LogP contribution in [0.1, 0.15) is 19.4 Å². The SMILES string of the molecule is CC(=Cc1ccc(O[C@@H]2O[C@H](C(C)=CCOc3ccc4[nH]ccc4c3)[C@@H](O)[C@@H]2O)c(O)c1)C(=O)N[C@@H]1[C@H](O)[C@H](O)[C@H]2OCO[C@H]2[C@@H]1O. The highest BCUT2D eigenvalue weighted by Gasteiger charge is 2.53. The van der Waals surface area contributed by atoms with Crippen LogP contribution < -0.4 is 14.8 Å². The van der Waals surface area contributed by atoms with Gasteiger partial charge >= 0.3 is 0 Å². The van der Waals surface area contributed by atoms with E-state index < -0.39 is 67.1 Å². The predicted octanol–water partition coefficient (Wildman–Crippen LogP) is 0.450. The Kier molecular flexibility index (Phi) is 9.55. The summed E-state index contributed by atoms with van der Waals surface area (Å²) in [6.45, 7) is 3.30. The molecule has 0 radical (unpaired) electrons. The molecular weight excluding hydrogens is 616 g/mol. The van der Waals surface area contributed by atoms with Crippen LogP contribution in [0.25, 0.3) is 17.0 Å². The van der Waals surface area contributed by atoms with Crippen LogP contribution in [0.3, 0.4) is 0 Å². The molecule has 14 nitrogen and oxygen atoms in total. The van der Waals surface area contributed by atoms with Gasteiger partial charge in [-0.15, -0.1) is 0 Å². The molecule has 0 bridgehead atoms. The summed E-state index contributed by atoms with van der Waals surface area (Å²) in [5.74, 6) is -0.293. The molecule has 8 N–H and O–H groups in total. The van der Waals surface area contributed by atoms with Gasteiger partial charge in [-0.05, 0) is 73.5 Å². The Morgan fingerprint density at radius 2 is 1.72 bits per heavy atom. The summed E-state index contributed by atoms with van der Waals surface area (Å²) >= 11 is 0. The van der Waals surface area contributed by atoms with Crippen molar-refractivity contribution in [3.8, 4) is 17.2 Å². The second-order valence-electron chi connectivity index (χ2n) is 11.9. The third kappa shape index (κ3) is 6.72. The molecule has 2 aliphatic heterocycles. The first kappa shape index (κ1) is 32.9. The van der Waals surface area contributed by atoms with Crippen LogP contribution in [-0.2, 0) is 19.0 Å². The minimum Gasteiger partial charge on any atom is -0.504 e. The maximum Gasteiger partial charge on any atom is 0.247 e. The molecule has 3 heterocycles. The zero-order valence-electron chi connectivity index (χ0n) is 25.6. The summed E-state index contributed by atoms with van der Waals surface area (Å²) in [7, 11) is 0. The number of ether oxygens (including phenoxy) is 5. The van der Waals surface area contributed by atoms with E-state index in [0.717, 1.165) is 10.9 Å². The fourth-order valence-corrected chi connectivity index (χ4v) is 6.01. The van der Waals surface area contributed by atoms with Crippen LogP contribution in [0.2, 0.25) is 0 Å². The van der Waals surface area contributed by atoms with Crippen molar-refractivity contribution in [2.24, 2.45) is 0 Å². The number of aliphatic hydroxyl groups excluding tert-OH is 5. The van der Waals surface area contributed by atoms with Gasteiger partial charge < -0.3 is 64.6 Å². The number of rotatable bonds is 9. The van der Waals surface area contributed by atoms with E-state index in [2.05, 4.69) is 10.3 Å². The average Bonchev–Trinajstić information content (AvgIpc) is 3.80. The number of benzene rings is 2. The van der Waals surface area contributed by atoms with Crippen molar-refractivity contribution < 1.29 is 59.1 Å². The van der Waals surface area contributed by atoms with Gasteiger partial charge in [0.15, 0.2) is 11.5 Å². The monoisotopic (exact) mass is 654 g/mol. The van der Waals surface area contributed by atoms with Crippen molar-refractivity contribution in [3.05, 3.63) is 71.4 Å². The molecule has 6 rings (SSSR count). The molecule has 1 aromatic heterocycles. The molecule has 10 atom stereocenters. The number of nitrogens with one attached hydrogen (secondary N) is 2. The van der Waals surface area contributed by atoms with Crippen molar-refractivity contribution in [1.82, 2.24) is 10.3 Å². The molecule has 252 valence electrons. The van der Waals surface area contributed by atoms with Gasteiger partial charge in [0.2, 0.25) is 12.2 Å². The van der Waals surface area contributed by atoms with Crippen molar-refractivity contribution in [1.29, 1.82) is 0 Å². The zero-order chi connectivity index (χ0) is 33.4. The van der Waals surface area contributed by atoms with Gasteiger partial charge in [-0.1, -0.05) is 6.07 Å². The molecule has 1 aliphatic carbocycles. The molecule has 14 heteroatoms. The number of hydrogen-bond donors (Lipinski definition) is 8. The van der Waals surface area contributed by atoms with Gasteiger partial charge in [-0.3, -0.25) is 4.79 Å². The van der Waals surface area contributed by atoms with Crippen LogP contribution in [0.5, 0.6) is 17.2 Å². The number of H-pyrrole nitrogens is 1. The first-order chi connectivity index (χ1) is 22.5. The van der Waals surface area contributed by atoms with E-state index in [4.69, 9.17) is 23.7 Å². The number of aromatic amines is 1. The molecule has 1 saturated carbocycles. The highest BCUT2D eigenvalue weighted by molar-refractivity contribution is 5.97. The van der Waals surface area contributed by atoms with Gasteiger partial charge in [-0.25, -0.2) is 0 Å². The van der Waals surface area contributed by atoms with E-state index in [9.17, 15) is 35.4 Å². The highest BCUT2D eigenvalue weighted by atomic mass is 16.7. The third-order valence-electron chi connectivity index (χ3n) is 8.72. The summed E-state index contributed by atoms with van der Waals surface area (Å²) in [6.07, 6.45) is -5.81. The van der Waals surface area contributed by atoms with Crippen LogP contribution in [0.4, 0.5) is 0 Å². The van der Waals surface area contributed by atoms with Crippen LogP contribution in [-0.4, -0.2) is 116 Å². The Morgan fingerprint density at radius 3 is 2.49 bits per heavy atom. The summed E-state index contributed by atoms with van der Waals surface area (Å²) in [5, 5.41) is 66.9. The Labute approximate surface area is 269 Å². The predicted molar refractivity (Wildman–Crippen MR) is 165 cm³/mol. The first-order valence-electron chi connectivity index (χ1n) is 15.2. The van der Waals surface area contributed by atoms with Crippen molar-refractivity contribution in [2.75, 3.05) is 13.4 Å². The van der Waals surface area contributed by atoms with Crippen LogP contribution in [0.15, 0.2) is 65.9 Å². The third-order valence-corrected chi connectivity index (χ3v) is 8.72. The number of phenols is 1. The number of carbonyl (C=O) groups excluding carboxylic acids is 1. The average molecular weight is 655 g/mol. The molecule has 2 saturated heterocycles. The van der Waals surface area contributed by atoms with Gasteiger partial charge in [0.05, 0.1) is 6.04 Å². The molecule has 3 aromatic rings. The van der Waals surface area contributed by atoms with Crippen LogP contribution >= 0.6 is 0 Å². The Morgan fingerprint density at radius 1 is 0.957 bits per heavy atom. The van der Waals surface area contributed by atoms with Crippen LogP contribution in [0, 0.1) is 0 Å². The highest BCUT2D eigenvalue weighted by Crippen LogP contribution is 2.34. The summed E-state index contributed by atoms with van der Waals surface area (Å²) in [5.41, 5.74) is 2.21. The number of aromatic hydroxyl groups is 1. The van der Waals surface area contributed by atoms with E-state index in [1.54, 1.807) is 19.1 Å². The van der Waals surface area contributed by atoms with Gasteiger partial charge in [0.25, 0.3) is 0 Å². The number of aromatic nitrogens is 1. The molecule has 3 aliphatic rings. The lowest BCUT2D eigenvalue weighted by molar-refractivity contribution is -0.155. The van der Waals surface area contributed by atoms with E-state index in [0.29, 0.717) is 16.9 Å². The quantitative estimate of drug-likeness (QED) is 0.117. The zero-order valence-corrected chi connectivity index (χ0v) is 25.6. The number of aliphatic hydroxyl groups is 5. The van der Waals surface area contributed by atoms with Gasteiger partial charge in [0, 0.05) is 22.7 Å². The second-order valence-corrected chi connectivity index (χ2v) is 11.9. The smallest absolute Gasteiger partial charge is 0.247 e.